The summed E-state index contributed by atoms with van der Waals surface area (Å²) in [6, 6.07) is 20.3. The average Bonchev–Trinajstić information content (AvgIpc) is 3.19. The number of ether oxygens (including phenoxy) is 1. The van der Waals surface area contributed by atoms with Crippen molar-refractivity contribution in [3.63, 3.8) is 0 Å². The largest absolute Gasteiger partial charge is 0.497 e. The topological polar surface area (TPSA) is 70.7 Å². The number of carbonyl (C=O) groups is 2. The van der Waals surface area contributed by atoms with Crippen LogP contribution in [-0.2, 0) is 11.3 Å². The molecule has 1 aliphatic rings. The predicted octanol–water partition coefficient (Wildman–Crippen LogP) is 4.33. The third-order valence-electron chi connectivity index (χ3n) is 5.47. The molecule has 1 fully saturated rings. The van der Waals surface area contributed by atoms with Gasteiger partial charge < -0.3 is 20.3 Å². The molecular formula is C25H25N3O3. The summed E-state index contributed by atoms with van der Waals surface area (Å²) in [7, 11) is 1.57. The van der Waals surface area contributed by atoms with Crippen molar-refractivity contribution >= 4 is 28.4 Å². The summed E-state index contributed by atoms with van der Waals surface area (Å²) in [5.41, 5.74) is 2.50. The van der Waals surface area contributed by atoms with Gasteiger partial charge in [-0.25, -0.2) is 4.79 Å². The van der Waals surface area contributed by atoms with Crippen molar-refractivity contribution in [3.8, 4) is 5.75 Å². The van der Waals surface area contributed by atoms with Crippen molar-refractivity contribution in [2.45, 2.75) is 19.0 Å². The summed E-state index contributed by atoms with van der Waals surface area (Å²) in [4.78, 5) is 27.4. The molecule has 1 saturated heterocycles. The van der Waals surface area contributed by atoms with Crippen molar-refractivity contribution in [1.82, 2.24) is 10.2 Å². The van der Waals surface area contributed by atoms with Gasteiger partial charge in [0, 0.05) is 24.8 Å². The van der Waals surface area contributed by atoms with Gasteiger partial charge in [0.05, 0.1) is 7.11 Å². The van der Waals surface area contributed by atoms with Crippen LogP contribution in [0.25, 0.3) is 10.8 Å². The van der Waals surface area contributed by atoms with Crippen molar-refractivity contribution in [2.75, 3.05) is 19.0 Å². The molecule has 1 heterocycles. The van der Waals surface area contributed by atoms with Gasteiger partial charge >= 0.3 is 6.03 Å². The van der Waals surface area contributed by atoms with E-state index in [0.29, 0.717) is 30.9 Å². The van der Waals surface area contributed by atoms with Gasteiger partial charge in [0.15, 0.2) is 0 Å². The van der Waals surface area contributed by atoms with Gasteiger partial charge in [0.1, 0.15) is 11.8 Å². The number of rotatable bonds is 5. The van der Waals surface area contributed by atoms with E-state index in [4.69, 9.17) is 4.74 Å². The number of benzene rings is 3. The number of likely N-dealkylation sites (tertiary alicyclic amines) is 1. The van der Waals surface area contributed by atoms with E-state index in [9.17, 15) is 9.59 Å². The highest BCUT2D eigenvalue weighted by molar-refractivity contribution is 5.95. The molecule has 1 unspecified atom stereocenters. The number of urea groups is 1. The third-order valence-corrected chi connectivity index (χ3v) is 5.47. The molecule has 3 aromatic rings. The number of carbonyl (C=O) groups excluding carboxylic acids is 2. The van der Waals surface area contributed by atoms with Gasteiger partial charge in [-0.2, -0.15) is 0 Å². The molecule has 0 saturated carbocycles. The maximum absolute atomic E-state index is 13.0. The summed E-state index contributed by atoms with van der Waals surface area (Å²) >= 11 is 0. The highest BCUT2D eigenvalue weighted by Gasteiger charge is 2.36. The molecule has 0 aromatic heterocycles. The number of methoxy groups -OCH3 is 1. The van der Waals surface area contributed by atoms with Crippen LogP contribution >= 0.6 is 0 Å². The second kappa shape index (κ2) is 8.92. The van der Waals surface area contributed by atoms with Crippen LogP contribution in [0.15, 0.2) is 78.9 Å². The molecule has 3 aromatic carbocycles. The molecule has 1 aliphatic heterocycles. The minimum absolute atomic E-state index is 0.188. The molecule has 158 valence electrons. The number of nitrogens with one attached hydrogen (secondary N) is 2. The molecule has 31 heavy (non-hydrogen) atoms. The molecule has 0 bridgehead atoms. The zero-order chi connectivity index (χ0) is 21.8. The standard InChI is InChI=1S/C25H25N3O3/c1-17-13-23(28(16-17)25(30)27-20-10-6-11-21(14-20)31-2)24(29)26-15-19-9-5-8-18-7-3-4-12-22(18)19/h3-12,14,23H,1,13,15-16H2,2H3,(H,26,29)(H,27,30). The Balaban J connectivity index is 1.44. The highest BCUT2D eigenvalue weighted by atomic mass is 16.5. The summed E-state index contributed by atoms with van der Waals surface area (Å²) < 4.78 is 5.20. The third kappa shape index (κ3) is 4.53. The normalized spacial score (nSPS) is 15.7. The first-order chi connectivity index (χ1) is 15.0. The average molecular weight is 415 g/mol. The number of hydrogen-bond donors (Lipinski definition) is 2. The van der Waals surface area contributed by atoms with Crippen molar-refractivity contribution in [2.24, 2.45) is 0 Å². The van der Waals surface area contributed by atoms with Gasteiger partial charge in [-0.05, 0) is 34.9 Å². The van der Waals surface area contributed by atoms with Gasteiger partial charge in [0.2, 0.25) is 5.91 Å². The molecule has 4 rings (SSSR count). The molecule has 1 atom stereocenters. The first-order valence-electron chi connectivity index (χ1n) is 10.2. The fraction of sp³-hybridized carbons (Fsp3) is 0.200. The number of fused-ring (bicyclic) bond motifs is 1. The molecule has 2 N–H and O–H groups in total. The van der Waals surface area contributed by atoms with Crippen LogP contribution in [0.4, 0.5) is 10.5 Å². The van der Waals surface area contributed by atoms with Crippen LogP contribution in [0.1, 0.15) is 12.0 Å². The van der Waals surface area contributed by atoms with Gasteiger partial charge in [-0.3, -0.25) is 4.79 Å². The number of nitrogens with zero attached hydrogens (tertiary/aromatic N) is 1. The Morgan fingerprint density at radius 3 is 2.71 bits per heavy atom. The van der Waals surface area contributed by atoms with E-state index in [-0.39, 0.29) is 11.9 Å². The minimum Gasteiger partial charge on any atom is -0.497 e. The summed E-state index contributed by atoms with van der Waals surface area (Å²) in [5, 5.41) is 8.08. The fourth-order valence-electron chi connectivity index (χ4n) is 3.89. The molecule has 0 aliphatic carbocycles. The number of amides is 3. The van der Waals surface area contributed by atoms with E-state index < -0.39 is 6.04 Å². The fourth-order valence-corrected chi connectivity index (χ4v) is 3.89. The van der Waals surface area contributed by atoms with Gasteiger partial charge in [-0.15, -0.1) is 0 Å². The maximum Gasteiger partial charge on any atom is 0.322 e. The molecule has 6 nitrogen and oxygen atoms in total. The zero-order valence-electron chi connectivity index (χ0n) is 17.4. The zero-order valence-corrected chi connectivity index (χ0v) is 17.4. The lowest BCUT2D eigenvalue weighted by Gasteiger charge is -2.24. The first kappa shape index (κ1) is 20.5. The lowest BCUT2D eigenvalue weighted by molar-refractivity contribution is -0.124. The van der Waals surface area contributed by atoms with E-state index in [1.54, 1.807) is 31.4 Å². The van der Waals surface area contributed by atoms with Crippen LogP contribution in [0.5, 0.6) is 5.75 Å². The lowest BCUT2D eigenvalue weighted by Crippen LogP contribution is -2.47. The van der Waals surface area contributed by atoms with E-state index >= 15 is 0 Å². The smallest absolute Gasteiger partial charge is 0.322 e. The van der Waals surface area contributed by atoms with Crippen molar-refractivity contribution in [1.29, 1.82) is 0 Å². The predicted molar refractivity (Wildman–Crippen MR) is 122 cm³/mol. The van der Waals surface area contributed by atoms with Crippen LogP contribution in [0.3, 0.4) is 0 Å². The quantitative estimate of drug-likeness (QED) is 0.610. The molecular weight excluding hydrogens is 390 g/mol. The number of anilines is 1. The van der Waals surface area contributed by atoms with E-state index in [0.717, 1.165) is 21.9 Å². The Kier molecular flexibility index (Phi) is 5.89. The Hall–Kier alpha value is -3.80. The molecule has 0 radical (unpaired) electrons. The Labute approximate surface area is 181 Å². The van der Waals surface area contributed by atoms with E-state index in [1.165, 1.54) is 4.90 Å². The minimum atomic E-state index is -0.590. The maximum atomic E-state index is 13.0. The Morgan fingerprint density at radius 1 is 1.10 bits per heavy atom. The van der Waals surface area contributed by atoms with Crippen molar-refractivity contribution < 1.29 is 14.3 Å². The highest BCUT2D eigenvalue weighted by Crippen LogP contribution is 2.24. The molecule has 0 spiro atoms. The SMILES string of the molecule is C=C1CC(C(=O)NCc2cccc3ccccc23)N(C(=O)Nc2cccc(OC)c2)C1. The molecule has 3 amide bonds. The lowest BCUT2D eigenvalue weighted by atomic mass is 10.0. The van der Waals surface area contributed by atoms with E-state index in [2.05, 4.69) is 17.2 Å². The molecule has 6 heteroatoms. The Morgan fingerprint density at radius 2 is 1.87 bits per heavy atom. The summed E-state index contributed by atoms with van der Waals surface area (Å²) in [5.74, 6) is 0.459. The Bertz CT molecular complexity index is 1140. The van der Waals surface area contributed by atoms with E-state index in [1.807, 2.05) is 42.5 Å². The second-order valence-electron chi connectivity index (χ2n) is 7.62. The summed E-state index contributed by atoms with van der Waals surface area (Å²) in [6.07, 6.45) is 0.451. The van der Waals surface area contributed by atoms with Crippen LogP contribution in [0.2, 0.25) is 0 Å². The van der Waals surface area contributed by atoms with Crippen molar-refractivity contribution in [3.05, 3.63) is 84.4 Å². The van der Waals surface area contributed by atoms with Crippen LogP contribution in [0, 0.1) is 0 Å². The summed E-state index contributed by atoms with van der Waals surface area (Å²) in [6.45, 7) is 4.74. The van der Waals surface area contributed by atoms with Crippen LogP contribution in [-0.4, -0.2) is 36.5 Å². The van der Waals surface area contributed by atoms with Crippen LogP contribution < -0.4 is 15.4 Å². The number of hydrogen-bond acceptors (Lipinski definition) is 3. The second-order valence-corrected chi connectivity index (χ2v) is 7.62. The monoisotopic (exact) mass is 415 g/mol. The first-order valence-corrected chi connectivity index (χ1v) is 10.2. The van der Waals surface area contributed by atoms with Gasteiger partial charge in [-0.1, -0.05) is 60.7 Å². The van der Waals surface area contributed by atoms with Gasteiger partial charge in [0.25, 0.3) is 0 Å².